The van der Waals surface area contributed by atoms with Gasteiger partial charge in [0.15, 0.2) is 0 Å². The summed E-state index contributed by atoms with van der Waals surface area (Å²) in [5, 5.41) is 10.0. The van der Waals surface area contributed by atoms with E-state index in [-0.39, 0.29) is 17.6 Å². The smallest absolute Gasteiger partial charge is 0.388 e. The van der Waals surface area contributed by atoms with Crippen molar-refractivity contribution >= 4 is 0 Å². The molecule has 1 heterocycles. The Kier molecular flexibility index (Phi) is 3.82. The fourth-order valence-corrected chi connectivity index (χ4v) is 2.29. The van der Waals surface area contributed by atoms with Crippen molar-refractivity contribution in [3.63, 3.8) is 0 Å². The maximum absolute atomic E-state index is 13.4. The number of rotatable bonds is 2. The Morgan fingerprint density at radius 3 is 2.53 bits per heavy atom. The van der Waals surface area contributed by atoms with E-state index in [2.05, 4.69) is 0 Å². The van der Waals surface area contributed by atoms with Crippen molar-refractivity contribution < 1.29 is 27.4 Å². The van der Waals surface area contributed by atoms with Gasteiger partial charge in [-0.15, -0.1) is 0 Å². The average Bonchev–Trinajstić information content (AvgIpc) is 2.73. The monoisotopic (exact) mass is 278 g/mol. The first kappa shape index (κ1) is 14.3. The Labute approximate surface area is 108 Å². The van der Waals surface area contributed by atoms with E-state index in [4.69, 9.17) is 4.74 Å². The summed E-state index contributed by atoms with van der Waals surface area (Å²) in [6.07, 6.45) is -5.14. The zero-order valence-corrected chi connectivity index (χ0v) is 10.2. The average molecular weight is 278 g/mol. The van der Waals surface area contributed by atoms with Crippen molar-refractivity contribution in [2.75, 3.05) is 6.61 Å². The van der Waals surface area contributed by atoms with Gasteiger partial charge in [-0.3, -0.25) is 0 Å². The van der Waals surface area contributed by atoms with Gasteiger partial charge in [-0.1, -0.05) is 6.07 Å². The molecule has 19 heavy (non-hydrogen) atoms. The summed E-state index contributed by atoms with van der Waals surface area (Å²) in [4.78, 5) is 0. The van der Waals surface area contributed by atoms with Crippen LogP contribution in [-0.2, 0) is 10.9 Å². The second-order valence-corrected chi connectivity index (χ2v) is 4.82. The molecule has 1 aliphatic rings. The van der Waals surface area contributed by atoms with Gasteiger partial charge in [0.05, 0.1) is 24.4 Å². The number of hydrogen-bond donors (Lipinski definition) is 1. The number of ether oxygens (including phenoxy) is 1. The van der Waals surface area contributed by atoms with Gasteiger partial charge in [-0.05, 0) is 31.0 Å². The number of alkyl halides is 3. The highest BCUT2D eigenvalue weighted by molar-refractivity contribution is 5.28. The third kappa shape index (κ3) is 3.06. The highest BCUT2D eigenvalue weighted by Crippen LogP contribution is 2.35. The van der Waals surface area contributed by atoms with Crippen molar-refractivity contribution in [2.45, 2.75) is 31.7 Å². The number of benzene rings is 1. The molecule has 1 aliphatic heterocycles. The van der Waals surface area contributed by atoms with E-state index < -0.39 is 23.7 Å². The van der Waals surface area contributed by atoms with Gasteiger partial charge in [0, 0.05) is 5.92 Å². The lowest BCUT2D eigenvalue weighted by molar-refractivity contribution is -0.140. The Morgan fingerprint density at radius 2 is 2.05 bits per heavy atom. The molecule has 0 bridgehead atoms. The zero-order chi connectivity index (χ0) is 14.2. The molecule has 0 amide bonds. The Hall–Kier alpha value is -1.14. The van der Waals surface area contributed by atoms with Crippen LogP contribution in [-0.4, -0.2) is 17.8 Å². The van der Waals surface area contributed by atoms with Crippen LogP contribution < -0.4 is 0 Å². The molecule has 1 fully saturated rings. The standard InChI is InChI=1S/C13H14F4O2/c1-7-4-9(6-19-7)12(18)8-2-3-10(11(14)5-8)13(15,16)17/h2-3,5,7,9,12,18H,4,6H2,1H3. The van der Waals surface area contributed by atoms with E-state index in [9.17, 15) is 22.7 Å². The largest absolute Gasteiger partial charge is 0.419 e. The van der Waals surface area contributed by atoms with E-state index in [1.54, 1.807) is 0 Å². The molecular formula is C13H14F4O2. The molecule has 1 aromatic rings. The summed E-state index contributed by atoms with van der Waals surface area (Å²) in [6, 6.07) is 2.52. The fourth-order valence-electron chi connectivity index (χ4n) is 2.29. The van der Waals surface area contributed by atoms with Crippen LogP contribution in [0.25, 0.3) is 0 Å². The van der Waals surface area contributed by atoms with Crippen LogP contribution in [0.15, 0.2) is 18.2 Å². The lowest BCUT2D eigenvalue weighted by atomic mass is 9.93. The van der Waals surface area contributed by atoms with Crippen LogP contribution in [0.2, 0.25) is 0 Å². The first-order chi connectivity index (χ1) is 8.79. The Bertz CT molecular complexity index is 458. The van der Waals surface area contributed by atoms with Gasteiger partial charge in [-0.2, -0.15) is 13.2 Å². The minimum absolute atomic E-state index is 0.000977. The summed E-state index contributed by atoms with van der Waals surface area (Å²) in [7, 11) is 0. The third-order valence-corrected chi connectivity index (χ3v) is 3.32. The molecule has 0 aliphatic carbocycles. The number of aliphatic hydroxyl groups excluding tert-OH is 1. The first-order valence-corrected chi connectivity index (χ1v) is 5.95. The molecule has 1 aromatic carbocycles. The number of aliphatic hydroxyl groups is 1. The molecule has 1 N–H and O–H groups in total. The lowest BCUT2D eigenvalue weighted by Crippen LogP contribution is -2.14. The van der Waals surface area contributed by atoms with E-state index in [0.29, 0.717) is 19.1 Å². The van der Waals surface area contributed by atoms with Gasteiger partial charge in [-0.25, -0.2) is 4.39 Å². The first-order valence-electron chi connectivity index (χ1n) is 5.95. The van der Waals surface area contributed by atoms with Crippen molar-refractivity contribution in [2.24, 2.45) is 5.92 Å². The lowest BCUT2D eigenvalue weighted by Gasteiger charge is -2.18. The van der Waals surface area contributed by atoms with Crippen LogP contribution >= 0.6 is 0 Å². The van der Waals surface area contributed by atoms with Gasteiger partial charge in [0.2, 0.25) is 0 Å². The highest BCUT2D eigenvalue weighted by atomic mass is 19.4. The Morgan fingerprint density at radius 1 is 1.37 bits per heavy atom. The second kappa shape index (κ2) is 5.09. The maximum Gasteiger partial charge on any atom is 0.419 e. The van der Waals surface area contributed by atoms with Gasteiger partial charge < -0.3 is 9.84 Å². The molecule has 0 radical (unpaired) electrons. The van der Waals surface area contributed by atoms with Crippen molar-refractivity contribution in [1.82, 2.24) is 0 Å². The molecule has 2 rings (SSSR count). The van der Waals surface area contributed by atoms with Crippen LogP contribution in [0, 0.1) is 11.7 Å². The fraction of sp³-hybridized carbons (Fsp3) is 0.538. The van der Waals surface area contributed by atoms with Crippen LogP contribution in [0.5, 0.6) is 0 Å². The summed E-state index contributed by atoms with van der Waals surface area (Å²) in [5.41, 5.74) is -1.17. The van der Waals surface area contributed by atoms with E-state index in [1.165, 1.54) is 0 Å². The van der Waals surface area contributed by atoms with Gasteiger partial charge in [0.1, 0.15) is 5.82 Å². The molecule has 3 atom stereocenters. The zero-order valence-electron chi connectivity index (χ0n) is 10.2. The quantitative estimate of drug-likeness (QED) is 0.841. The minimum atomic E-state index is -4.72. The van der Waals surface area contributed by atoms with E-state index in [0.717, 1.165) is 12.1 Å². The SMILES string of the molecule is CC1CC(C(O)c2ccc(C(F)(F)F)c(F)c2)CO1. The molecule has 6 heteroatoms. The molecular weight excluding hydrogens is 264 g/mol. The molecule has 2 nitrogen and oxygen atoms in total. The van der Waals surface area contributed by atoms with Gasteiger partial charge in [0.25, 0.3) is 0 Å². The van der Waals surface area contributed by atoms with Crippen LogP contribution in [0.4, 0.5) is 17.6 Å². The van der Waals surface area contributed by atoms with Crippen molar-refractivity contribution in [3.05, 3.63) is 35.1 Å². The Balaban J connectivity index is 2.20. The topological polar surface area (TPSA) is 29.5 Å². The predicted octanol–water partition coefficient (Wildman–Crippen LogP) is 3.30. The van der Waals surface area contributed by atoms with Crippen molar-refractivity contribution in [3.8, 4) is 0 Å². The number of halogens is 4. The van der Waals surface area contributed by atoms with Gasteiger partial charge >= 0.3 is 6.18 Å². The molecule has 0 aromatic heterocycles. The summed E-state index contributed by atoms with van der Waals surface area (Å²) >= 11 is 0. The summed E-state index contributed by atoms with van der Waals surface area (Å²) < 4.78 is 55.9. The molecule has 0 spiro atoms. The van der Waals surface area contributed by atoms with Crippen LogP contribution in [0.1, 0.15) is 30.6 Å². The predicted molar refractivity (Wildman–Crippen MR) is 59.9 cm³/mol. The van der Waals surface area contributed by atoms with E-state index in [1.807, 2.05) is 6.92 Å². The maximum atomic E-state index is 13.4. The van der Waals surface area contributed by atoms with Crippen molar-refractivity contribution in [1.29, 1.82) is 0 Å². The normalized spacial score (nSPS) is 25.6. The van der Waals surface area contributed by atoms with Crippen LogP contribution in [0.3, 0.4) is 0 Å². The highest BCUT2D eigenvalue weighted by Gasteiger charge is 2.35. The third-order valence-electron chi connectivity index (χ3n) is 3.32. The molecule has 1 saturated heterocycles. The molecule has 3 unspecified atom stereocenters. The summed E-state index contributed by atoms with van der Waals surface area (Å²) in [6.45, 7) is 2.17. The van der Waals surface area contributed by atoms with E-state index >= 15 is 0 Å². The molecule has 0 saturated carbocycles. The summed E-state index contributed by atoms with van der Waals surface area (Å²) in [5.74, 6) is -1.58. The minimum Gasteiger partial charge on any atom is -0.388 e. The molecule has 106 valence electrons. The second-order valence-electron chi connectivity index (χ2n) is 4.82. The number of hydrogen-bond acceptors (Lipinski definition) is 2.